The molecule has 1 N–H and O–H groups in total. The van der Waals surface area contributed by atoms with Gasteiger partial charge in [0.2, 0.25) is 0 Å². The van der Waals surface area contributed by atoms with Gasteiger partial charge in [-0.1, -0.05) is 0 Å². The van der Waals surface area contributed by atoms with Gasteiger partial charge in [-0.15, -0.1) is 0 Å². The maximum Gasteiger partial charge on any atom is 0.144 e. The lowest BCUT2D eigenvalue weighted by Crippen LogP contribution is -1.93. The molecule has 0 aliphatic heterocycles. The molecular formula is C16H14N4O. The van der Waals surface area contributed by atoms with Crippen molar-refractivity contribution in [3.63, 3.8) is 0 Å². The zero-order valence-corrected chi connectivity index (χ0v) is 11.8. The molecule has 0 fully saturated rings. The van der Waals surface area contributed by atoms with Crippen molar-refractivity contribution in [2.75, 3.05) is 14.1 Å². The molecule has 0 saturated carbocycles. The minimum atomic E-state index is 0.113. The number of aromatic hydroxyl groups is 1. The first-order valence-electron chi connectivity index (χ1n) is 6.50. The first-order valence-corrected chi connectivity index (χ1v) is 6.50. The van der Waals surface area contributed by atoms with Gasteiger partial charge in [0.25, 0.3) is 0 Å². The Hall–Kier alpha value is -2.82. The minimum absolute atomic E-state index is 0.113. The largest absolute Gasteiger partial charge is 0.506 e. The van der Waals surface area contributed by atoms with Crippen molar-refractivity contribution < 1.29 is 5.11 Å². The fraction of sp³-hybridized carbons (Fsp3) is 0.125. The number of phenolic OH excluding ortho intramolecular Hbond substituents is 1. The molecule has 104 valence electrons. The molecule has 0 saturated heterocycles. The van der Waals surface area contributed by atoms with E-state index in [4.69, 9.17) is 0 Å². The molecule has 21 heavy (non-hydrogen) atoms. The van der Waals surface area contributed by atoms with Crippen LogP contribution < -0.4 is 0 Å². The van der Waals surface area contributed by atoms with E-state index in [9.17, 15) is 5.11 Å². The van der Waals surface area contributed by atoms with Crippen LogP contribution in [0.1, 0.15) is 11.4 Å². The summed E-state index contributed by atoms with van der Waals surface area (Å²) in [6.07, 6.45) is 3.34. The normalized spacial score (nSPS) is 12.1. The third-order valence-corrected chi connectivity index (χ3v) is 3.19. The Kier molecular flexibility index (Phi) is 3.31. The van der Waals surface area contributed by atoms with Crippen molar-refractivity contribution in [1.82, 2.24) is 9.97 Å². The maximum absolute atomic E-state index is 10.2. The van der Waals surface area contributed by atoms with Crippen LogP contribution in [0.4, 0.5) is 0 Å². The summed E-state index contributed by atoms with van der Waals surface area (Å²) in [6, 6.07) is 9.29. The number of benzene rings is 1. The quantitative estimate of drug-likeness (QED) is 0.578. The Labute approximate surface area is 121 Å². The van der Waals surface area contributed by atoms with Crippen LogP contribution in [0.5, 0.6) is 5.75 Å². The molecule has 0 amide bonds. The van der Waals surface area contributed by atoms with Gasteiger partial charge in [-0.2, -0.15) is 0 Å². The molecule has 0 bridgehead atoms. The van der Waals surface area contributed by atoms with E-state index in [2.05, 4.69) is 20.0 Å². The second-order valence-corrected chi connectivity index (χ2v) is 4.61. The van der Waals surface area contributed by atoms with Crippen molar-refractivity contribution in [1.29, 1.82) is 0 Å². The number of fused-ring (bicyclic) bond motifs is 3. The molecule has 2 aromatic heterocycles. The number of rotatable bonds is 2. The highest BCUT2D eigenvalue weighted by Gasteiger charge is 2.09. The third kappa shape index (κ3) is 2.33. The molecule has 1 aromatic carbocycles. The second-order valence-electron chi connectivity index (χ2n) is 4.61. The predicted molar refractivity (Wildman–Crippen MR) is 85.7 cm³/mol. The smallest absolute Gasteiger partial charge is 0.144 e. The van der Waals surface area contributed by atoms with Crippen LogP contribution in [0.3, 0.4) is 0 Å². The van der Waals surface area contributed by atoms with Crippen LogP contribution in [-0.2, 0) is 0 Å². The average molecular weight is 278 g/mol. The molecule has 0 radical (unpaired) electrons. The summed E-state index contributed by atoms with van der Waals surface area (Å²) in [5.41, 5.74) is 2.74. The summed E-state index contributed by atoms with van der Waals surface area (Å²) < 4.78 is 0. The topological polar surface area (TPSA) is 70.7 Å². The van der Waals surface area contributed by atoms with Gasteiger partial charge in [-0.05, 0) is 24.3 Å². The lowest BCUT2D eigenvalue weighted by atomic mass is 10.1. The van der Waals surface area contributed by atoms with Gasteiger partial charge in [-0.25, -0.2) is 9.97 Å². The number of aliphatic imine (C=N–C) groups is 2. The van der Waals surface area contributed by atoms with E-state index in [1.54, 1.807) is 32.6 Å². The zero-order chi connectivity index (χ0) is 14.8. The zero-order valence-electron chi connectivity index (χ0n) is 11.8. The Bertz CT molecular complexity index is 884. The number of hydrogen-bond acceptors (Lipinski definition) is 5. The van der Waals surface area contributed by atoms with E-state index in [-0.39, 0.29) is 5.75 Å². The molecule has 5 heteroatoms. The summed E-state index contributed by atoms with van der Waals surface area (Å²) in [5, 5.41) is 12.0. The Morgan fingerprint density at radius 1 is 0.905 bits per heavy atom. The summed E-state index contributed by atoms with van der Waals surface area (Å²) in [5.74, 6) is 0.113. The molecule has 3 aromatic rings. The van der Waals surface area contributed by atoms with Crippen molar-refractivity contribution in [2.45, 2.75) is 0 Å². The fourth-order valence-electron chi connectivity index (χ4n) is 2.32. The van der Waals surface area contributed by atoms with Crippen LogP contribution in [0.15, 0.2) is 40.3 Å². The van der Waals surface area contributed by atoms with Crippen LogP contribution in [0.2, 0.25) is 0 Å². The van der Waals surface area contributed by atoms with Gasteiger partial charge in [0.05, 0.1) is 16.9 Å². The highest BCUT2D eigenvalue weighted by atomic mass is 16.3. The van der Waals surface area contributed by atoms with E-state index in [1.165, 1.54) is 0 Å². The molecule has 0 aliphatic carbocycles. The number of hydrogen-bond donors (Lipinski definition) is 1. The predicted octanol–water partition coefficient (Wildman–Crippen LogP) is 2.59. The lowest BCUT2D eigenvalue weighted by molar-refractivity contribution is 0.481. The summed E-state index contributed by atoms with van der Waals surface area (Å²) in [7, 11) is 3.39. The van der Waals surface area contributed by atoms with Gasteiger partial charge >= 0.3 is 0 Å². The van der Waals surface area contributed by atoms with Gasteiger partial charge in [0, 0.05) is 43.4 Å². The van der Waals surface area contributed by atoms with Crippen LogP contribution in [-0.4, -0.2) is 41.6 Å². The summed E-state index contributed by atoms with van der Waals surface area (Å²) in [4.78, 5) is 16.8. The molecule has 3 rings (SSSR count). The molecule has 0 atom stereocenters. The summed E-state index contributed by atoms with van der Waals surface area (Å²) >= 11 is 0. The highest BCUT2D eigenvalue weighted by molar-refractivity contribution is 6.08. The van der Waals surface area contributed by atoms with Gasteiger partial charge < -0.3 is 5.11 Å². The number of aromatic nitrogens is 2. The van der Waals surface area contributed by atoms with E-state index in [0.717, 1.165) is 22.0 Å². The van der Waals surface area contributed by atoms with Crippen LogP contribution in [0.25, 0.3) is 21.8 Å². The third-order valence-electron chi connectivity index (χ3n) is 3.19. The van der Waals surface area contributed by atoms with Crippen molar-refractivity contribution >= 4 is 34.2 Å². The van der Waals surface area contributed by atoms with Crippen LogP contribution >= 0.6 is 0 Å². The van der Waals surface area contributed by atoms with E-state index in [1.807, 2.05) is 24.3 Å². The average Bonchev–Trinajstić information content (AvgIpc) is 2.48. The van der Waals surface area contributed by atoms with Crippen molar-refractivity contribution in [2.24, 2.45) is 9.98 Å². The Morgan fingerprint density at radius 2 is 1.52 bits per heavy atom. The van der Waals surface area contributed by atoms with Gasteiger partial charge in [0.15, 0.2) is 0 Å². The van der Waals surface area contributed by atoms with Crippen molar-refractivity contribution in [3.05, 3.63) is 41.7 Å². The molecule has 0 spiro atoms. The van der Waals surface area contributed by atoms with Gasteiger partial charge in [-0.3, -0.25) is 9.98 Å². The van der Waals surface area contributed by atoms with E-state index in [0.29, 0.717) is 11.2 Å². The number of nitrogens with zero attached hydrogens (tertiary/aromatic N) is 4. The Morgan fingerprint density at radius 3 is 2.19 bits per heavy atom. The first kappa shape index (κ1) is 13.2. The SMILES string of the molecule is CN=Cc1ccc2c(cc(O)c3nc(C=NC)ccc32)n1. The standard InChI is InChI=1S/C16H14N4O/c1-17-8-10-3-5-12-13-6-4-11(9-18-2)20-16(13)15(21)7-14(12)19-10/h3-9,21H,1-2H3. The Balaban J connectivity index is 2.33. The second kappa shape index (κ2) is 5.28. The van der Waals surface area contributed by atoms with Crippen molar-refractivity contribution in [3.8, 4) is 5.75 Å². The highest BCUT2D eigenvalue weighted by Crippen LogP contribution is 2.30. The van der Waals surface area contributed by atoms with Gasteiger partial charge in [0.1, 0.15) is 11.3 Å². The van der Waals surface area contributed by atoms with E-state index < -0.39 is 0 Å². The fourth-order valence-corrected chi connectivity index (χ4v) is 2.32. The molecule has 2 heterocycles. The minimum Gasteiger partial charge on any atom is -0.506 e. The van der Waals surface area contributed by atoms with E-state index >= 15 is 0 Å². The van der Waals surface area contributed by atoms with Crippen LogP contribution in [0, 0.1) is 0 Å². The number of pyridine rings is 2. The molecule has 0 unspecified atom stereocenters. The first-order chi connectivity index (χ1) is 10.2. The molecule has 0 aliphatic rings. The lowest BCUT2D eigenvalue weighted by Gasteiger charge is -2.06. The maximum atomic E-state index is 10.2. The monoisotopic (exact) mass is 278 g/mol. The summed E-state index contributed by atoms with van der Waals surface area (Å²) in [6.45, 7) is 0. The molecule has 5 nitrogen and oxygen atoms in total. The molecular weight excluding hydrogens is 264 g/mol. The number of phenols is 1.